The molecule has 3 heteroatoms. The van der Waals surface area contributed by atoms with Gasteiger partial charge in [0.05, 0.1) is 12.6 Å². The summed E-state index contributed by atoms with van der Waals surface area (Å²) in [4.78, 5) is 0. The van der Waals surface area contributed by atoms with Gasteiger partial charge in [0.25, 0.3) is 0 Å². The number of allylic oxidation sites excluding steroid dienone is 3. The molecule has 0 aliphatic carbocycles. The van der Waals surface area contributed by atoms with Crippen LogP contribution in [0.25, 0.3) is 0 Å². The van der Waals surface area contributed by atoms with Gasteiger partial charge in [0.1, 0.15) is 0 Å². The van der Waals surface area contributed by atoms with Crippen molar-refractivity contribution in [3.63, 3.8) is 0 Å². The Hall–Kier alpha value is -1.25. The summed E-state index contributed by atoms with van der Waals surface area (Å²) in [5.41, 5.74) is 5.39. The summed E-state index contributed by atoms with van der Waals surface area (Å²) in [7, 11) is 0. The van der Waals surface area contributed by atoms with Crippen molar-refractivity contribution in [2.75, 3.05) is 0 Å². The second kappa shape index (κ2) is 11.5. The molecule has 0 aliphatic heterocycles. The fourth-order valence-electron chi connectivity index (χ4n) is 0.282. The van der Waals surface area contributed by atoms with E-state index in [4.69, 9.17) is 10.8 Å². The molecule has 0 aliphatic rings. The first-order valence-corrected chi connectivity index (χ1v) is 3.34. The highest BCUT2D eigenvalue weighted by Gasteiger charge is 1.75. The Bertz CT molecular complexity index is 150. The monoisotopic (exact) mass is 159 g/mol. The van der Waals surface area contributed by atoms with Gasteiger partial charge in [-0.25, -0.2) is 4.39 Å². The Morgan fingerprint density at radius 1 is 1.45 bits per heavy atom. The van der Waals surface area contributed by atoms with Gasteiger partial charge in [0, 0.05) is 5.70 Å². The van der Waals surface area contributed by atoms with Crippen LogP contribution in [0.3, 0.4) is 0 Å². The molecule has 0 amide bonds. The molecule has 0 bridgehead atoms. The SMILES string of the molecule is CC.NC(/C=C/F)=C/C=C/O. The summed E-state index contributed by atoms with van der Waals surface area (Å²) >= 11 is 0. The lowest BCUT2D eigenvalue weighted by Crippen LogP contribution is -1.90. The maximum atomic E-state index is 11.3. The number of hydrogen-bond acceptors (Lipinski definition) is 2. The summed E-state index contributed by atoms with van der Waals surface area (Å²) in [6.45, 7) is 4.00. The number of hydrogen-bond donors (Lipinski definition) is 2. The van der Waals surface area contributed by atoms with Crippen molar-refractivity contribution >= 4 is 0 Å². The molecule has 2 nitrogen and oxygen atoms in total. The van der Waals surface area contributed by atoms with Crippen LogP contribution in [0.15, 0.2) is 36.5 Å². The number of rotatable bonds is 2. The average Bonchev–Trinajstić information content (AvgIpc) is 2.05. The lowest BCUT2D eigenvalue weighted by atomic mass is 10.4. The van der Waals surface area contributed by atoms with E-state index in [-0.39, 0.29) is 5.70 Å². The van der Waals surface area contributed by atoms with E-state index in [0.29, 0.717) is 6.33 Å². The first kappa shape index (κ1) is 12.4. The summed E-state index contributed by atoms with van der Waals surface area (Å²) < 4.78 is 11.3. The van der Waals surface area contributed by atoms with Crippen molar-refractivity contribution in [2.45, 2.75) is 13.8 Å². The van der Waals surface area contributed by atoms with Crippen molar-refractivity contribution in [1.29, 1.82) is 0 Å². The van der Waals surface area contributed by atoms with Crippen LogP contribution in [0.2, 0.25) is 0 Å². The van der Waals surface area contributed by atoms with Gasteiger partial charge in [-0.3, -0.25) is 0 Å². The van der Waals surface area contributed by atoms with Crippen molar-refractivity contribution in [3.8, 4) is 0 Å². The quantitative estimate of drug-likeness (QED) is 0.480. The van der Waals surface area contributed by atoms with Crippen LogP contribution in [-0.2, 0) is 0 Å². The molecule has 11 heavy (non-hydrogen) atoms. The predicted molar refractivity (Wildman–Crippen MR) is 45.6 cm³/mol. The van der Waals surface area contributed by atoms with Crippen LogP contribution in [0.1, 0.15) is 13.8 Å². The smallest absolute Gasteiger partial charge is 0.0887 e. The molecule has 0 saturated heterocycles. The zero-order chi connectivity index (χ0) is 9.11. The lowest BCUT2D eigenvalue weighted by molar-refractivity contribution is 0.473. The van der Waals surface area contributed by atoms with Crippen LogP contribution in [0.5, 0.6) is 0 Å². The average molecular weight is 159 g/mol. The van der Waals surface area contributed by atoms with Gasteiger partial charge >= 0.3 is 0 Å². The molecule has 0 fully saturated rings. The maximum Gasteiger partial charge on any atom is 0.0887 e. The maximum absolute atomic E-state index is 11.3. The molecule has 3 N–H and O–H groups in total. The minimum absolute atomic E-state index is 0.253. The van der Waals surface area contributed by atoms with Gasteiger partial charge < -0.3 is 10.8 Å². The van der Waals surface area contributed by atoms with Crippen LogP contribution < -0.4 is 5.73 Å². The third-order valence-electron chi connectivity index (χ3n) is 0.630. The van der Waals surface area contributed by atoms with E-state index in [0.717, 1.165) is 12.3 Å². The summed E-state index contributed by atoms with van der Waals surface area (Å²) in [6, 6.07) is 0. The molecule has 0 aromatic carbocycles. The minimum atomic E-state index is 0.253. The van der Waals surface area contributed by atoms with Crippen LogP contribution in [0, 0.1) is 0 Å². The third-order valence-corrected chi connectivity index (χ3v) is 0.630. The summed E-state index contributed by atoms with van der Waals surface area (Å²) in [6.07, 6.45) is 4.90. The first-order valence-electron chi connectivity index (χ1n) is 3.34. The molecular formula is C8H14FNO. The molecule has 0 aromatic heterocycles. The van der Waals surface area contributed by atoms with Gasteiger partial charge in [0.2, 0.25) is 0 Å². The number of halogens is 1. The first-order chi connectivity index (χ1) is 5.31. The Balaban J connectivity index is 0. The summed E-state index contributed by atoms with van der Waals surface area (Å²) in [5, 5.41) is 8.08. The van der Waals surface area contributed by atoms with Crippen molar-refractivity contribution in [3.05, 3.63) is 36.5 Å². The van der Waals surface area contributed by atoms with Crippen LogP contribution in [0.4, 0.5) is 4.39 Å². The number of aliphatic hydroxyl groups is 1. The Labute approximate surface area is 66.5 Å². The highest BCUT2D eigenvalue weighted by Crippen LogP contribution is 1.87. The lowest BCUT2D eigenvalue weighted by Gasteiger charge is -1.83. The largest absolute Gasteiger partial charge is 0.516 e. The van der Waals surface area contributed by atoms with Crippen LogP contribution >= 0.6 is 0 Å². The van der Waals surface area contributed by atoms with E-state index in [1.54, 1.807) is 0 Å². The standard InChI is InChI=1S/C6H8FNO.C2H6/c7-4-3-6(8)2-1-5-9;1-2/h1-5,9H,8H2;1-2H3/b4-3+,5-1+,6-2+;. The normalized spacial score (nSPS) is 11.7. The van der Waals surface area contributed by atoms with Crippen molar-refractivity contribution in [2.24, 2.45) is 5.73 Å². The highest BCUT2D eigenvalue weighted by molar-refractivity contribution is 5.18. The zero-order valence-corrected chi connectivity index (χ0v) is 6.79. The van der Waals surface area contributed by atoms with E-state index in [1.165, 1.54) is 12.2 Å². The predicted octanol–water partition coefficient (Wildman–Crippen LogP) is 2.41. The van der Waals surface area contributed by atoms with Gasteiger partial charge in [-0.1, -0.05) is 13.8 Å². The van der Waals surface area contributed by atoms with Gasteiger partial charge in [-0.05, 0) is 18.2 Å². The molecule has 0 atom stereocenters. The molecule has 64 valence electrons. The topological polar surface area (TPSA) is 46.2 Å². The van der Waals surface area contributed by atoms with Gasteiger partial charge in [0.15, 0.2) is 0 Å². The second-order valence-corrected chi connectivity index (χ2v) is 1.30. The third kappa shape index (κ3) is 12.1. The zero-order valence-electron chi connectivity index (χ0n) is 6.79. The Morgan fingerprint density at radius 3 is 2.36 bits per heavy atom. The van der Waals surface area contributed by atoms with E-state index in [1.807, 2.05) is 13.8 Å². The van der Waals surface area contributed by atoms with Crippen molar-refractivity contribution in [1.82, 2.24) is 0 Å². The number of aliphatic hydroxyl groups excluding tert-OH is 1. The van der Waals surface area contributed by atoms with E-state index < -0.39 is 0 Å². The van der Waals surface area contributed by atoms with Gasteiger partial charge in [-0.2, -0.15) is 0 Å². The molecule has 0 aromatic rings. The highest BCUT2D eigenvalue weighted by atomic mass is 19.1. The van der Waals surface area contributed by atoms with Gasteiger partial charge in [-0.15, -0.1) is 0 Å². The number of nitrogens with two attached hydrogens (primary N) is 1. The molecular weight excluding hydrogens is 145 g/mol. The molecule has 0 heterocycles. The molecule has 0 radical (unpaired) electrons. The molecule has 0 saturated carbocycles. The molecule has 0 unspecified atom stereocenters. The Morgan fingerprint density at radius 2 is 2.00 bits per heavy atom. The van der Waals surface area contributed by atoms with E-state index in [9.17, 15) is 4.39 Å². The second-order valence-electron chi connectivity index (χ2n) is 1.30. The van der Waals surface area contributed by atoms with Crippen molar-refractivity contribution < 1.29 is 9.50 Å². The van der Waals surface area contributed by atoms with E-state index >= 15 is 0 Å². The summed E-state index contributed by atoms with van der Waals surface area (Å²) in [5.74, 6) is 0. The Kier molecular flexibility index (Phi) is 13.0. The molecule has 0 spiro atoms. The fourth-order valence-corrected chi connectivity index (χ4v) is 0.282. The van der Waals surface area contributed by atoms with E-state index in [2.05, 4.69) is 0 Å². The molecule has 0 rings (SSSR count). The minimum Gasteiger partial charge on any atom is -0.516 e. The fraction of sp³-hybridized carbons (Fsp3) is 0.250. The van der Waals surface area contributed by atoms with Crippen LogP contribution in [-0.4, -0.2) is 5.11 Å².